The fourth-order valence-electron chi connectivity index (χ4n) is 5.03. The van der Waals surface area contributed by atoms with Gasteiger partial charge in [-0.05, 0) is 35.4 Å². The van der Waals surface area contributed by atoms with E-state index >= 15 is 0 Å². The van der Waals surface area contributed by atoms with Crippen LogP contribution in [0.25, 0.3) is 11.1 Å². The molecule has 164 valence electrons. The number of nitrogens with one attached hydrogen (secondary N) is 2. The number of amides is 1. The zero-order valence-corrected chi connectivity index (χ0v) is 17.4. The fraction of sp³-hybridized carbons (Fsp3) is 0.280. The number of pyridine rings is 1. The van der Waals surface area contributed by atoms with Crippen LogP contribution in [-0.2, 0) is 17.9 Å². The molecule has 2 bridgehead atoms. The van der Waals surface area contributed by atoms with Gasteiger partial charge in [-0.1, -0.05) is 42.5 Å². The van der Waals surface area contributed by atoms with Gasteiger partial charge in [-0.15, -0.1) is 0 Å². The third-order valence-corrected chi connectivity index (χ3v) is 6.60. The monoisotopic (exact) mass is 433 g/mol. The summed E-state index contributed by atoms with van der Waals surface area (Å²) < 4.78 is 15.4. The second-order valence-corrected chi connectivity index (χ2v) is 8.42. The average Bonchev–Trinajstić information content (AvgIpc) is 3.11. The maximum Gasteiger partial charge on any atom is 0.258 e. The Morgan fingerprint density at radius 2 is 1.94 bits per heavy atom. The van der Waals surface area contributed by atoms with E-state index in [1.165, 1.54) is 12.1 Å². The number of aromatic nitrogens is 1. The molecule has 5 rings (SSSR count). The summed E-state index contributed by atoms with van der Waals surface area (Å²) in [6.45, 7) is 0.593. The third-order valence-electron chi connectivity index (χ3n) is 6.60. The zero-order valence-electron chi connectivity index (χ0n) is 17.4. The first-order chi connectivity index (χ1) is 15.6. The maximum atomic E-state index is 13.7. The molecule has 0 radical (unpaired) electrons. The summed E-state index contributed by atoms with van der Waals surface area (Å²) in [4.78, 5) is 26.4. The Morgan fingerprint density at radius 1 is 1.12 bits per heavy atom. The smallest absolute Gasteiger partial charge is 0.258 e. The Hall–Kier alpha value is -3.29. The largest absolute Gasteiger partial charge is 0.396 e. The summed E-state index contributed by atoms with van der Waals surface area (Å²) in [5.41, 5.74) is 2.42. The Kier molecular flexibility index (Phi) is 5.36. The van der Waals surface area contributed by atoms with Crippen LogP contribution in [-0.4, -0.2) is 28.2 Å². The maximum absolute atomic E-state index is 13.7. The van der Waals surface area contributed by atoms with E-state index in [1.807, 2.05) is 36.4 Å². The van der Waals surface area contributed by atoms with E-state index in [9.17, 15) is 19.1 Å². The SMILES string of the molecule is O=C(NCc1ccccc1)[C@H]1[C@H](CO)[C@H]2Cn3c(ccc(-c4cccc(F)c4)c3=O)[C@@H]1N2. The first kappa shape index (κ1) is 20.6. The fourth-order valence-corrected chi connectivity index (χ4v) is 5.03. The van der Waals surface area contributed by atoms with Crippen molar-refractivity contribution in [3.63, 3.8) is 0 Å². The normalized spacial score (nSPS) is 23.6. The van der Waals surface area contributed by atoms with Crippen molar-refractivity contribution in [1.29, 1.82) is 0 Å². The molecule has 32 heavy (non-hydrogen) atoms. The molecule has 4 atom stereocenters. The minimum atomic E-state index is -0.498. The number of carbonyl (C=O) groups is 1. The summed E-state index contributed by atoms with van der Waals surface area (Å²) in [6.07, 6.45) is 0. The summed E-state index contributed by atoms with van der Waals surface area (Å²) in [5, 5.41) is 16.5. The molecule has 1 amide bonds. The Bertz CT molecular complexity index is 1210. The van der Waals surface area contributed by atoms with Crippen molar-refractivity contribution >= 4 is 5.91 Å². The molecule has 1 aromatic heterocycles. The van der Waals surface area contributed by atoms with Crippen molar-refractivity contribution in [1.82, 2.24) is 15.2 Å². The first-order valence-electron chi connectivity index (χ1n) is 10.7. The summed E-state index contributed by atoms with van der Waals surface area (Å²) >= 11 is 0. The zero-order chi connectivity index (χ0) is 22.2. The molecule has 3 heterocycles. The van der Waals surface area contributed by atoms with E-state index < -0.39 is 11.7 Å². The molecule has 2 aliphatic rings. The molecule has 0 unspecified atom stereocenters. The molecule has 2 aliphatic heterocycles. The minimum absolute atomic E-state index is 0.150. The molecule has 3 aromatic rings. The van der Waals surface area contributed by atoms with E-state index in [1.54, 1.807) is 22.8 Å². The van der Waals surface area contributed by atoms with Crippen molar-refractivity contribution in [2.75, 3.05) is 6.61 Å². The topological polar surface area (TPSA) is 83.4 Å². The van der Waals surface area contributed by atoms with Crippen molar-refractivity contribution in [2.45, 2.75) is 25.2 Å². The quantitative estimate of drug-likeness (QED) is 0.576. The van der Waals surface area contributed by atoms with Crippen LogP contribution in [0.3, 0.4) is 0 Å². The van der Waals surface area contributed by atoms with Crippen LogP contribution in [0.5, 0.6) is 0 Å². The predicted molar refractivity (Wildman–Crippen MR) is 118 cm³/mol. The van der Waals surface area contributed by atoms with Crippen molar-refractivity contribution < 1.29 is 14.3 Å². The number of aliphatic hydroxyl groups excluding tert-OH is 1. The number of rotatable bonds is 5. The summed E-state index contributed by atoms with van der Waals surface area (Å²) in [5.74, 6) is -1.36. The number of carbonyl (C=O) groups excluding carboxylic acids is 1. The second kappa shape index (κ2) is 8.33. The van der Waals surface area contributed by atoms with Gasteiger partial charge in [0.2, 0.25) is 5.91 Å². The lowest BCUT2D eigenvalue weighted by molar-refractivity contribution is -0.127. The molecule has 0 saturated carbocycles. The Labute approximate surface area is 184 Å². The van der Waals surface area contributed by atoms with Gasteiger partial charge in [-0.25, -0.2) is 4.39 Å². The number of benzene rings is 2. The molecule has 0 spiro atoms. The summed E-state index contributed by atoms with van der Waals surface area (Å²) in [6, 6.07) is 18.5. The lowest BCUT2D eigenvalue weighted by Crippen LogP contribution is -2.43. The standard InChI is InChI=1S/C25H24FN3O3/c26-17-8-4-7-16(11-17)18-9-10-21-23-22(24(31)27-12-15-5-2-1-3-6-15)19(14-30)20(28-23)13-29(21)25(18)32/h1-11,19-20,22-23,28,30H,12-14H2,(H,27,31)/t19-,20-,22+,23+/m1/s1. The highest BCUT2D eigenvalue weighted by atomic mass is 19.1. The van der Waals surface area contributed by atoms with Crippen LogP contribution in [0.2, 0.25) is 0 Å². The van der Waals surface area contributed by atoms with Gasteiger partial charge in [-0.3, -0.25) is 9.59 Å². The Morgan fingerprint density at radius 3 is 2.69 bits per heavy atom. The van der Waals surface area contributed by atoms with Gasteiger partial charge in [0.25, 0.3) is 5.56 Å². The van der Waals surface area contributed by atoms with Gasteiger partial charge in [0.15, 0.2) is 0 Å². The van der Waals surface area contributed by atoms with Crippen molar-refractivity contribution in [3.8, 4) is 11.1 Å². The highest BCUT2D eigenvalue weighted by Gasteiger charge is 2.50. The van der Waals surface area contributed by atoms with E-state index in [-0.39, 0.29) is 36.1 Å². The van der Waals surface area contributed by atoms with Crippen LogP contribution in [0.4, 0.5) is 4.39 Å². The molecule has 7 heteroatoms. The van der Waals surface area contributed by atoms with Crippen LogP contribution in [0.1, 0.15) is 17.3 Å². The summed E-state index contributed by atoms with van der Waals surface area (Å²) in [7, 11) is 0. The Balaban J connectivity index is 1.46. The van der Waals surface area contributed by atoms with E-state index in [0.29, 0.717) is 29.9 Å². The number of fused-ring (bicyclic) bond motifs is 4. The van der Waals surface area contributed by atoms with Gasteiger partial charge in [0.05, 0.1) is 12.0 Å². The van der Waals surface area contributed by atoms with Crippen LogP contribution in [0.15, 0.2) is 71.5 Å². The van der Waals surface area contributed by atoms with E-state index in [2.05, 4.69) is 10.6 Å². The first-order valence-corrected chi connectivity index (χ1v) is 10.7. The molecule has 6 nitrogen and oxygen atoms in total. The molecule has 1 fully saturated rings. The molecular weight excluding hydrogens is 409 g/mol. The number of hydrogen-bond donors (Lipinski definition) is 3. The van der Waals surface area contributed by atoms with Gasteiger partial charge in [-0.2, -0.15) is 0 Å². The highest BCUT2D eigenvalue weighted by molar-refractivity contribution is 5.80. The number of halogens is 1. The van der Waals surface area contributed by atoms with Crippen LogP contribution >= 0.6 is 0 Å². The molecular formula is C25H24FN3O3. The lowest BCUT2D eigenvalue weighted by Gasteiger charge is -2.28. The molecule has 1 saturated heterocycles. The highest BCUT2D eigenvalue weighted by Crippen LogP contribution is 2.41. The molecule has 0 aliphatic carbocycles. The second-order valence-electron chi connectivity index (χ2n) is 8.42. The third kappa shape index (κ3) is 3.53. The number of aliphatic hydroxyl groups is 1. The van der Waals surface area contributed by atoms with Crippen LogP contribution < -0.4 is 16.2 Å². The molecule has 3 N–H and O–H groups in total. The van der Waals surface area contributed by atoms with Gasteiger partial charge < -0.3 is 20.3 Å². The van der Waals surface area contributed by atoms with Crippen molar-refractivity contribution in [2.24, 2.45) is 11.8 Å². The lowest BCUT2D eigenvalue weighted by atomic mass is 9.86. The predicted octanol–water partition coefficient (Wildman–Crippen LogP) is 2.22. The number of hydrogen-bond acceptors (Lipinski definition) is 4. The van der Waals surface area contributed by atoms with E-state index in [0.717, 1.165) is 5.56 Å². The van der Waals surface area contributed by atoms with E-state index in [4.69, 9.17) is 0 Å². The number of nitrogens with zero attached hydrogens (tertiary/aromatic N) is 1. The van der Waals surface area contributed by atoms with Gasteiger partial charge >= 0.3 is 0 Å². The minimum Gasteiger partial charge on any atom is -0.396 e. The van der Waals surface area contributed by atoms with Crippen LogP contribution in [0, 0.1) is 17.7 Å². The van der Waals surface area contributed by atoms with Gasteiger partial charge in [0.1, 0.15) is 5.82 Å². The molecule has 2 aromatic carbocycles. The average molecular weight is 433 g/mol. The van der Waals surface area contributed by atoms with Crippen molar-refractivity contribution in [3.05, 3.63) is 94.2 Å². The van der Waals surface area contributed by atoms with Gasteiger partial charge in [0, 0.05) is 42.9 Å².